The van der Waals surface area contributed by atoms with E-state index in [1.165, 1.54) is 25.0 Å². The van der Waals surface area contributed by atoms with Crippen molar-refractivity contribution < 1.29 is 22.7 Å². The number of halogens is 4. The summed E-state index contributed by atoms with van der Waals surface area (Å²) in [7, 11) is 0. The van der Waals surface area contributed by atoms with Gasteiger partial charge in [0.05, 0.1) is 0 Å². The highest BCUT2D eigenvalue weighted by molar-refractivity contribution is 5.85. The fraction of sp³-hybridized carbons (Fsp3) is 0.611. The second kappa shape index (κ2) is 8.95. The summed E-state index contributed by atoms with van der Waals surface area (Å²) in [5, 5.41) is 6.41. The zero-order valence-electron chi connectivity index (χ0n) is 14.3. The Bertz CT molecular complexity index is 600. The van der Waals surface area contributed by atoms with E-state index in [0.29, 0.717) is 31.0 Å². The second-order valence-electron chi connectivity index (χ2n) is 7.01. The van der Waals surface area contributed by atoms with E-state index in [1.807, 2.05) is 0 Å². The van der Waals surface area contributed by atoms with E-state index < -0.39 is 12.8 Å². The summed E-state index contributed by atoms with van der Waals surface area (Å²) in [5.74, 6) is 0.562. The van der Waals surface area contributed by atoms with E-state index in [-0.39, 0.29) is 24.1 Å². The molecule has 2 aliphatic heterocycles. The molecule has 0 spiro atoms. The lowest BCUT2D eigenvalue weighted by Crippen LogP contribution is -2.39. The van der Waals surface area contributed by atoms with Gasteiger partial charge in [0.2, 0.25) is 5.91 Å². The highest BCUT2D eigenvalue weighted by atomic mass is 35.5. The molecule has 4 nitrogen and oxygen atoms in total. The first-order chi connectivity index (χ1) is 11.9. The largest absolute Gasteiger partial charge is 0.484 e. The minimum atomic E-state index is -4.36. The van der Waals surface area contributed by atoms with E-state index in [0.717, 1.165) is 18.4 Å². The molecule has 2 unspecified atom stereocenters. The van der Waals surface area contributed by atoms with Crippen molar-refractivity contribution in [3.63, 3.8) is 0 Å². The molecule has 2 bridgehead atoms. The Morgan fingerprint density at radius 2 is 1.92 bits per heavy atom. The first kappa shape index (κ1) is 20.8. The van der Waals surface area contributed by atoms with Gasteiger partial charge < -0.3 is 15.4 Å². The topological polar surface area (TPSA) is 50.4 Å². The molecule has 1 amide bonds. The van der Waals surface area contributed by atoms with Crippen LogP contribution in [0.25, 0.3) is 0 Å². The molecule has 2 fully saturated rings. The summed E-state index contributed by atoms with van der Waals surface area (Å²) in [4.78, 5) is 12.1. The molecule has 8 heteroatoms. The van der Waals surface area contributed by atoms with Crippen molar-refractivity contribution in [2.45, 2.75) is 56.9 Å². The van der Waals surface area contributed by atoms with Gasteiger partial charge in [-0.25, -0.2) is 0 Å². The number of benzene rings is 1. The third-order valence-corrected chi connectivity index (χ3v) is 4.84. The minimum Gasteiger partial charge on any atom is -0.484 e. The van der Waals surface area contributed by atoms with Gasteiger partial charge in [0.25, 0.3) is 0 Å². The fourth-order valence-electron chi connectivity index (χ4n) is 3.79. The molecule has 1 aromatic rings. The lowest BCUT2D eigenvalue weighted by molar-refractivity contribution is -0.153. The van der Waals surface area contributed by atoms with Crippen molar-refractivity contribution in [1.29, 1.82) is 0 Å². The van der Waals surface area contributed by atoms with Crippen molar-refractivity contribution in [2.24, 2.45) is 5.92 Å². The molecule has 3 rings (SSSR count). The summed E-state index contributed by atoms with van der Waals surface area (Å²) in [6.45, 7) is -1.03. The van der Waals surface area contributed by atoms with Crippen LogP contribution in [0.4, 0.5) is 13.2 Å². The van der Waals surface area contributed by atoms with Crippen LogP contribution in [0.1, 0.15) is 37.7 Å². The van der Waals surface area contributed by atoms with Crippen LogP contribution >= 0.6 is 12.4 Å². The Kier molecular flexibility index (Phi) is 7.17. The predicted octanol–water partition coefficient (Wildman–Crippen LogP) is 3.59. The Morgan fingerprint density at radius 3 is 2.58 bits per heavy atom. The average Bonchev–Trinajstić information content (AvgIpc) is 2.89. The van der Waals surface area contributed by atoms with Crippen molar-refractivity contribution in [2.75, 3.05) is 6.61 Å². The van der Waals surface area contributed by atoms with Crippen LogP contribution in [-0.2, 0) is 11.3 Å². The third kappa shape index (κ3) is 6.36. The summed E-state index contributed by atoms with van der Waals surface area (Å²) < 4.78 is 41.3. The molecule has 0 radical (unpaired) electrons. The van der Waals surface area contributed by atoms with Gasteiger partial charge in [0.15, 0.2) is 6.61 Å². The van der Waals surface area contributed by atoms with E-state index in [1.54, 1.807) is 12.1 Å². The number of fused-ring (bicyclic) bond motifs is 2. The molecule has 0 saturated carbocycles. The highest BCUT2D eigenvalue weighted by Crippen LogP contribution is 2.32. The lowest BCUT2D eigenvalue weighted by Gasteiger charge is -2.28. The minimum absolute atomic E-state index is 0. The maximum atomic E-state index is 12.2. The average molecular weight is 393 g/mol. The van der Waals surface area contributed by atoms with Crippen LogP contribution in [0.5, 0.6) is 5.75 Å². The molecular formula is C18H24ClF3N2O2. The van der Waals surface area contributed by atoms with Crippen molar-refractivity contribution >= 4 is 18.3 Å². The van der Waals surface area contributed by atoms with Gasteiger partial charge in [-0.3, -0.25) is 4.79 Å². The number of ether oxygens (including phenoxy) is 1. The monoisotopic (exact) mass is 392 g/mol. The number of carbonyl (C=O) groups is 1. The van der Waals surface area contributed by atoms with Gasteiger partial charge in [0, 0.05) is 25.0 Å². The number of alkyl halides is 3. The summed E-state index contributed by atoms with van der Waals surface area (Å²) in [5.41, 5.74) is 0.721. The lowest BCUT2D eigenvalue weighted by atomic mass is 9.89. The Morgan fingerprint density at radius 1 is 1.23 bits per heavy atom. The number of hydrogen-bond acceptors (Lipinski definition) is 3. The quantitative estimate of drug-likeness (QED) is 0.778. The highest BCUT2D eigenvalue weighted by Gasteiger charge is 2.34. The molecule has 146 valence electrons. The summed E-state index contributed by atoms with van der Waals surface area (Å²) >= 11 is 0. The van der Waals surface area contributed by atoms with E-state index in [2.05, 4.69) is 10.6 Å². The first-order valence-corrected chi connectivity index (χ1v) is 8.68. The smallest absolute Gasteiger partial charge is 0.422 e. The van der Waals surface area contributed by atoms with Crippen LogP contribution in [0, 0.1) is 5.92 Å². The maximum Gasteiger partial charge on any atom is 0.422 e. The Labute approximate surface area is 157 Å². The van der Waals surface area contributed by atoms with Gasteiger partial charge in [-0.1, -0.05) is 12.1 Å². The molecule has 0 aromatic heterocycles. The number of nitrogens with one attached hydrogen (secondary N) is 2. The zero-order chi connectivity index (χ0) is 17.9. The fourth-order valence-corrected chi connectivity index (χ4v) is 3.79. The van der Waals surface area contributed by atoms with Crippen molar-refractivity contribution in [3.05, 3.63) is 29.8 Å². The van der Waals surface area contributed by atoms with Crippen LogP contribution in [0.3, 0.4) is 0 Å². The van der Waals surface area contributed by atoms with Crippen LogP contribution in [-0.4, -0.2) is 30.8 Å². The van der Waals surface area contributed by atoms with Gasteiger partial charge >= 0.3 is 6.18 Å². The number of carbonyl (C=O) groups excluding carboxylic acids is 1. The molecular weight excluding hydrogens is 369 g/mol. The maximum absolute atomic E-state index is 12.2. The van der Waals surface area contributed by atoms with Gasteiger partial charge in [-0.2, -0.15) is 13.2 Å². The van der Waals surface area contributed by atoms with Crippen molar-refractivity contribution in [3.8, 4) is 5.75 Å². The van der Waals surface area contributed by atoms with Gasteiger partial charge in [-0.05, 0) is 49.3 Å². The van der Waals surface area contributed by atoms with E-state index in [9.17, 15) is 18.0 Å². The number of amides is 1. The molecule has 0 aliphatic carbocycles. The molecule has 1 aromatic carbocycles. The zero-order valence-corrected chi connectivity index (χ0v) is 15.2. The van der Waals surface area contributed by atoms with E-state index in [4.69, 9.17) is 4.74 Å². The Hall–Kier alpha value is -1.47. The normalized spacial score (nSPS) is 24.7. The van der Waals surface area contributed by atoms with E-state index >= 15 is 0 Å². The number of piperidine rings is 1. The molecule has 2 heterocycles. The predicted molar refractivity (Wildman–Crippen MR) is 94.4 cm³/mol. The van der Waals surface area contributed by atoms with Crippen LogP contribution < -0.4 is 15.4 Å². The molecule has 2 aliphatic rings. The standard InChI is InChI=1S/C18H23F3N2O2.ClH/c19-18(20,21)11-25-16-3-1-2-12(8-16)10-22-17(24)9-13-6-14-4-5-15(7-13)23-14;/h1-3,8,13-15,23H,4-7,9-11H2,(H,22,24);1H. The first-order valence-electron chi connectivity index (χ1n) is 8.68. The number of hydrogen-bond donors (Lipinski definition) is 2. The summed E-state index contributed by atoms with van der Waals surface area (Å²) in [6, 6.07) is 7.49. The summed E-state index contributed by atoms with van der Waals surface area (Å²) in [6.07, 6.45) is 0.647. The van der Waals surface area contributed by atoms with Crippen LogP contribution in [0.2, 0.25) is 0 Å². The third-order valence-electron chi connectivity index (χ3n) is 4.84. The van der Waals surface area contributed by atoms with Crippen LogP contribution in [0.15, 0.2) is 24.3 Å². The molecule has 2 saturated heterocycles. The van der Waals surface area contributed by atoms with Gasteiger partial charge in [0.1, 0.15) is 5.75 Å². The Balaban J connectivity index is 0.00000243. The number of rotatable bonds is 6. The van der Waals surface area contributed by atoms with Crippen molar-refractivity contribution in [1.82, 2.24) is 10.6 Å². The molecule has 2 atom stereocenters. The second-order valence-corrected chi connectivity index (χ2v) is 7.01. The molecule has 2 N–H and O–H groups in total. The van der Waals surface area contributed by atoms with Gasteiger partial charge in [-0.15, -0.1) is 12.4 Å². The SMILES string of the molecule is Cl.O=C(CC1CC2CCC(C1)N2)NCc1cccc(OCC(F)(F)F)c1. The molecule has 26 heavy (non-hydrogen) atoms.